The molecule has 1 N–H and O–H groups in total. The molecule has 132 valence electrons. The highest BCUT2D eigenvalue weighted by Gasteiger charge is 2.07. The molecule has 0 unspecified atom stereocenters. The second-order valence-electron chi connectivity index (χ2n) is 5.56. The van der Waals surface area contributed by atoms with Gasteiger partial charge in [-0.3, -0.25) is 4.79 Å². The van der Waals surface area contributed by atoms with Gasteiger partial charge in [-0.2, -0.15) is 0 Å². The first-order chi connectivity index (χ1) is 12.1. The number of carbonyl (C=O) groups is 2. The molecule has 0 fully saturated rings. The smallest absolute Gasteiger partial charge is 0.338 e. The standard InChI is InChI=1S/C20H23NO4/c1-3-24-20(23)16-10-12-17(13-11-16)21-19(22)9-6-14-25-18-8-5-4-7-15(18)2/h4-5,7-8,10-13H,3,6,9,14H2,1-2H3,(H,21,22). The van der Waals surface area contributed by atoms with E-state index in [9.17, 15) is 9.59 Å². The second-order valence-corrected chi connectivity index (χ2v) is 5.56. The van der Waals surface area contributed by atoms with Crippen LogP contribution in [-0.4, -0.2) is 25.1 Å². The van der Waals surface area contributed by atoms with Gasteiger partial charge in [0, 0.05) is 12.1 Å². The van der Waals surface area contributed by atoms with Crippen molar-refractivity contribution in [2.75, 3.05) is 18.5 Å². The lowest BCUT2D eigenvalue weighted by Crippen LogP contribution is -2.13. The average molecular weight is 341 g/mol. The van der Waals surface area contributed by atoms with E-state index in [1.165, 1.54) is 0 Å². The average Bonchev–Trinajstić information content (AvgIpc) is 2.61. The molecule has 0 spiro atoms. The van der Waals surface area contributed by atoms with Crippen LogP contribution < -0.4 is 10.1 Å². The third kappa shape index (κ3) is 5.95. The summed E-state index contributed by atoms with van der Waals surface area (Å²) < 4.78 is 10.6. The monoisotopic (exact) mass is 341 g/mol. The molecule has 0 saturated carbocycles. The van der Waals surface area contributed by atoms with Crippen LogP contribution in [0.15, 0.2) is 48.5 Å². The minimum atomic E-state index is -0.367. The lowest BCUT2D eigenvalue weighted by Gasteiger charge is -2.09. The molecule has 2 aromatic carbocycles. The van der Waals surface area contributed by atoms with Crippen molar-refractivity contribution in [1.82, 2.24) is 0 Å². The Labute approximate surface area is 148 Å². The van der Waals surface area contributed by atoms with Crippen molar-refractivity contribution in [3.8, 4) is 5.75 Å². The number of rotatable bonds is 8. The van der Waals surface area contributed by atoms with Crippen LogP contribution in [0, 0.1) is 6.92 Å². The molecule has 5 nitrogen and oxygen atoms in total. The third-order valence-electron chi connectivity index (χ3n) is 3.58. The molecule has 0 atom stereocenters. The number of aryl methyl sites for hydroxylation is 1. The molecule has 0 saturated heterocycles. The molecule has 0 heterocycles. The van der Waals surface area contributed by atoms with Gasteiger partial charge in [0.05, 0.1) is 18.8 Å². The zero-order valence-corrected chi connectivity index (χ0v) is 14.6. The molecule has 2 rings (SSSR count). The Morgan fingerprint density at radius 2 is 1.76 bits per heavy atom. The van der Waals surface area contributed by atoms with Gasteiger partial charge in [0.1, 0.15) is 5.75 Å². The quantitative estimate of drug-likeness (QED) is 0.583. The van der Waals surface area contributed by atoms with E-state index in [2.05, 4.69) is 5.32 Å². The van der Waals surface area contributed by atoms with Crippen LogP contribution >= 0.6 is 0 Å². The molecule has 0 bridgehead atoms. The molecule has 0 radical (unpaired) electrons. The Balaban J connectivity index is 1.73. The molecule has 5 heteroatoms. The van der Waals surface area contributed by atoms with Crippen LogP contribution in [-0.2, 0) is 9.53 Å². The van der Waals surface area contributed by atoms with Gasteiger partial charge < -0.3 is 14.8 Å². The SMILES string of the molecule is CCOC(=O)c1ccc(NC(=O)CCCOc2ccccc2C)cc1. The van der Waals surface area contributed by atoms with Gasteiger partial charge in [0.2, 0.25) is 5.91 Å². The van der Waals surface area contributed by atoms with Crippen molar-refractivity contribution in [1.29, 1.82) is 0 Å². The van der Waals surface area contributed by atoms with E-state index in [1.807, 2.05) is 31.2 Å². The van der Waals surface area contributed by atoms with Crippen LogP contribution in [0.4, 0.5) is 5.69 Å². The minimum absolute atomic E-state index is 0.0859. The van der Waals surface area contributed by atoms with Crippen LogP contribution in [0.25, 0.3) is 0 Å². The summed E-state index contributed by atoms with van der Waals surface area (Å²) in [5.74, 6) is 0.392. The van der Waals surface area contributed by atoms with Crippen molar-refractivity contribution in [2.45, 2.75) is 26.7 Å². The molecule has 0 aliphatic rings. The van der Waals surface area contributed by atoms with Gasteiger partial charge in [-0.1, -0.05) is 18.2 Å². The predicted molar refractivity (Wildman–Crippen MR) is 96.9 cm³/mol. The van der Waals surface area contributed by atoms with E-state index in [0.29, 0.717) is 37.3 Å². The largest absolute Gasteiger partial charge is 0.493 e. The number of amides is 1. The Morgan fingerprint density at radius 1 is 1.04 bits per heavy atom. The first-order valence-electron chi connectivity index (χ1n) is 8.35. The first kappa shape index (κ1) is 18.5. The Hall–Kier alpha value is -2.82. The number of para-hydroxylation sites is 1. The number of hydrogen-bond acceptors (Lipinski definition) is 4. The Kier molecular flexibility index (Phi) is 7.01. The highest BCUT2D eigenvalue weighted by atomic mass is 16.5. The zero-order chi connectivity index (χ0) is 18.1. The van der Waals surface area contributed by atoms with Crippen molar-refractivity contribution in [3.05, 3.63) is 59.7 Å². The normalized spacial score (nSPS) is 10.2. The fourth-order valence-corrected chi connectivity index (χ4v) is 2.26. The fraction of sp³-hybridized carbons (Fsp3) is 0.300. The molecule has 0 aliphatic heterocycles. The van der Waals surface area contributed by atoms with Crippen molar-refractivity contribution in [3.63, 3.8) is 0 Å². The summed E-state index contributed by atoms with van der Waals surface area (Å²) in [6.45, 7) is 4.57. The predicted octanol–water partition coefficient (Wildman–Crippen LogP) is 3.97. The lowest BCUT2D eigenvalue weighted by atomic mass is 10.2. The van der Waals surface area contributed by atoms with E-state index < -0.39 is 0 Å². The van der Waals surface area contributed by atoms with E-state index in [-0.39, 0.29) is 11.9 Å². The molecule has 1 amide bonds. The van der Waals surface area contributed by atoms with Crippen molar-refractivity contribution in [2.24, 2.45) is 0 Å². The maximum atomic E-state index is 12.0. The maximum Gasteiger partial charge on any atom is 0.338 e. The Bertz CT molecular complexity index is 710. The number of benzene rings is 2. The number of nitrogens with one attached hydrogen (secondary N) is 1. The second kappa shape index (κ2) is 9.47. The summed E-state index contributed by atoms with van der Waals surface area (Å²) in [6, 6.07) is 14.4. The highest BCUT2D eigenvalue weighted by Crippen LogP contribution is 2.16. The first-order valence-corrected chi connectivity index (χ1v) is 8.35. The number of carbonyl (C=O) groups excluding carboxylic acids is 2. The van der Waals surface area contributed by atoms with E-state index in [4.69, 9.17) is 9.47 Å². The fourth-order valence-electron chi connectivity index (χ4n) is 2.26. The molecule has 25 heavy (non-hydrogen) atoms. The lowest BCUT2D eigenvalue weighted by molar-refractivity contribution is -0.116. The number of hydrogen-bond donors (Lipinski definition) is 1. The van der Waals surface area contributed by atoms with Gasteiger partial charge in [-0.05, 0) is 56.2 Å². The minimum Gasteiger partial charge on any atom is -0.493 e. The van der Waals surface area contributed by atoms with Gasteiger partial charge in [0.25, 0.3) is 0 Å². The summed E-state index contributed by atoms with van der Waals surface area (Å²) in [5, 5.41) is 2.80. The van der Waals surface area contributed by atoms with Crippen LogP contribution in [0.5, 0.6) is 5.75 Å². The van der Waals surface area contributed by atoms with Gasteiger partial charge >= 0.3 is 5.97 Å². The molecular formula is C20H23NO4. The van der Waals surface area contributed by atoms with Crippen LogP contribution in [0.3, 0.4) is 0 Å². The van der Waals surface area contributed by atoms with Gasteiger partial charge in [-0.15, -0.1) is 0 Å². The maximum absolute atomic E-state index is 12.0. The van der Waals surface area contributed by atoms with E-state index in [0.717, 1.165) is 11.3 Å². The topological polar surface area (TPSA) is 64.6 Å². The molecule has 0 aliphatic carbocycles. The number of esters is 1. The summed E-state index contributed by atoms with van der Waals surface area (Å²) in [7, 11) is 0. The van der Waals surface area contributed by atoms with E-state index in [1.54, 1.807) is 31.2 Å². The van der Waals surface area contributed by atoms with Crippen molar-refractivity contribution < 1.29 is 19.1 Å². The molecular weight excluding hydrogens is 318 g/mol. The summed E-state index contributed by atoms with van der Waals surface area (Å²) >= 11 is 0. The summed E-state index contributed by atoms with van der Waals surface area (Å²) in [6.07, 6.45) is 0.993. The highest BCUT2D eigenvalue weighted by molar-refractivity contribution is 5.93. The van der Waals surface area contributed by atoms with Crippen LogP contribution in [0.1, 0.15) is 35.7 Å². The zero-order valence-electron chi connectivity index (χ0n) is 14.6. The molecule has 2 aromatic rings. The summed E-state index contributed by atoms with van der Waals surface area (Å²) in [4.78, 5) is 23.5. The van der Waals surface area contributed by atoms with Gasteiger partial charge in [0.15, 0.2) is 0 Å². The number of anilines is 1. The summed E-state index contributed by atoms with van der Waals surface area (Å²) in [5.41, 5.74) is 2.19. The Morgan fingerprint density at radius 3 is 2.44 bits per heavy atom. The number of ether oxygens (including phenoxy) is 2. The van der Waals surface area contributed by atoms with Crippen LogP contribution in [0.2, 0.25) is 0 Å². The van der Waals surface area contributed by atoms with E-state index >= 15 is 0 Å². The van der Waals surface area contributed by atoms with Crippen molar-refractivity contribution >= 4 is 17.6 Å². The molecule has 0 aromatic heterocycles. The van der Waals surface area contributed by atoms with Gasteiger partial charge in [-0.25, -0.2) is 4.79 Å². The third-order valence-corrected chi connectivity index (χ3v) is 3.58.